The number of amides is 1. The van der Waals surface area contributed by atoms with Gasteiger partial charge in [-0.2, -0.15) is 0 Å². The minimum atomic E-state index is -0.530. The molecule has 0 aromatic heterocycles. The molecule has 0 aliphatic carbocycles. The molecule has 1 aromatic rings. The predicted octanol–water partition coefficient (Wildman–Crippen LogP) is 1.80. The van der Waals surface area contributed by atoms with Gasteiger partial charge >= 0.3 is 5.69 Å². The topological polar surface area (TPSA) is 98.7 Å². The van der Waals surface area contributed by atoms with Crippen molar-refractivity contribution in [2.24, 2.45) is 11.7 Å². The highest BCUT2D eigenvalue weighted by atomic mass is 16.6. The van der Waals surface area contributed by atoms with Gasteiger partial charge in [-0.25, -0.2) is 0 Å². The highest BCUT2D eigenvalue weighted by Crippen LogP contribution is 2.30. The van der Waals surface area contributed by atoms with E-state index in [0.29, 0.717) is 25.3 Å². The van der Waals surface area contributed by atoms with Gasteiger partial charge in [0, 0.05) is 24.2 Å². The second-order valence-corrected chi connectivity index (χ2v) is 5.52. The maximum Gasteiger partial charge on any atom is 0.311 e. The molecule has 1 saturated heterocycles. The summed E-state index contributed by atoms with van der Waals surface area (Å²) >= 11 is 0. The number of nitro groups is 1. The summed E-state index contributed by atoms with van der Waals surface area (Å²) in [5, 5.41) is 11.1. The van der Waals surface area contributed by atoms with Crippen LogP contribution in [-0.4, -0.2) is 41.5 Å². The fraction of sp³-hybridized carbons (Fsp3) is 0.533. The van der Waals surface area contributed by atoms with E-state index in [2.05, 4.69) is 0 Å². The molecule has 1 aliphatic heterocycles. The molecule has 0 spiro atoms. The average Bonchev–Trinajstić information content (AvgIpc) is 2.88. The van der Waals surface area contributed by atoms with Gasteiger partial charge in [-0.1, -0.05) is 0 Å². The van der Waals surface area contributed by atoms with Crippen LogP contribution in [-0.2, 0) is 0 Å². The lowest BCUT2D eigenvalue weighted by Crippen LogP contribution is -2.34. The van der Waals surface area contributed by atoms with Gasteiger partial charge in [0.2, 0.25) is 0 Å². The van der Waals surface area contributed by atoms with Crippen LogP contribution in [0.3, 0.4) is 0 Å². The zero-order chi connectivity index (χ0) is 16.3. The molecule has 120 valence electrons. The van der Waals surface area contributed by atoms with Crippen LogP contribution in [0.1, 0.15) is 30.6 Å². The molecule has 2 unspecified atom stereocenters. The number of rotatable bonds is 5. The molecular formula is C15H21N3O4. The van der Waals surface area contributed by atoms with Crippen LogP contribution in [0.5, 0.6) is 5.75 Å². The first kappa shape index (κ1) is 16.2. The Morgan fingerprint density at radius 1 is 1.55 bits per heavy atom. The van der Waals surface area contributed by atoms with E-state index in [1.165, 1.54) is 12.1 Å². The minimum Gasteiger partial charge on any atom is -0.487 e. The summed E-state index contributed by atoms with van der Waals surface area (Å²) in [6.07, 6.45) is 0.862. The minimum absolute atomic E-state index is 0.0895. The van der Waals surface area contributed by atoms with Gasteiger partial charge < -0.3 is 15.4 Å². The second-order valence-electron chi connectivity index (χ2n) is 5.52. The fourth-order valence-corrected chi connectivity index (χ4v) is 2.83. The molecule has 1 aromatic carbocycles. The van der Waals surface area contributed by atoms with Crippen molar-refractivity contribution < 1.29 is 14.5 Å². The van der Waals surface area contributed by atoms with E-state index in [9.17, 15) is 14.9 Å². The van der Waals surface area contributed by atoms with Crippen molar-refractivity contribution in [1.29, 1.82) is 0 Å². The second kappa shape index (κ2) is 6.74. The van der Waals surface area contributed by atoms with Crippen molar-refractivity contribution >= 4 is 11.6 Å². The lowest BCUT2D eigenvalue weighted by Gasteiger charge is -2.21. The first-order valence-corrected chi connectivity index (χ1v) is 7.40. The maximum absolute atomic E-state index is 12.6. The van der Waals surface area contributed by atoms with Crippen molar-refractivity contribution in [3.05, 3.63) is 33.9 Å². The predicted molar refractivity (Wildman–Crippen MR) is 81.9 cm³/mol. The fourth-order valence-electron chi connectivity index (χ4n) is 2.83. The summed E-state index contributed by atoms with van der Waals surface area (Å²) in [6, 6.07) is 4.43. The summed E-state index contributed by atoms with van der Waals surface area (Å²) in [5.74, 6) is 0.268. The van der Waals surface area contributed by atoms with Gasteiger partial charge in [-0.05, 0) is 44.9 Å². The van der Waals surface area contributed by atoms with Crippen LogP contribution in [0.2, 0.25) is 0 Å². The standard InChI is InChI=1S/C15H21N3O4/c1-3-22-14-5-4-12(7-13(14)18(20)21)15(19)17-9-11(8-16)6-10(17)2/h4-5,7,10-11H,3,6,8-9,16H2,1-2H3. The quantitative estimate of drug-likeness (QED) is 0.660. The number of hydrogen-bond acceptors (Lipinski definition) is 5. The van der Waals surface area contributed by atoms with Crippen LogP contribution in [0.4, 0.5) is 5.69 Å². The first-order chi connectivity index (χ1) is 10.5. The van der Waals surface area contributed by atoms with Gasteiger partial charge in [0.15, 0.2) is 5.75 Å². The number of benzene rings is 1. The Balaban J connectivity index is 2.27. The lowest BCUT2D eigenvalue weighted by molar-refractivity contribution is -0.385. The Kier molecular flexibility index (Phi) is 4.97. The molecule has 7 nitrogen and oxygen atoms in total. The summed E-state index contributed by atoms with van der Waals surface area (Å²) in [7, 11) is 0. The smallest absolute Gasteiger partial charge is 0.311 e. The third kappa shape index (κ3) is 3.19. The molecule has 1 aliphatic rings. The zero-order valence-corrected chi connectivity index (χ0v) is 12.8. The van der Waals surface area contributed by atoms with Crippen LogP contribution in [0.25, 0.3) is 0 Å². The Labute approximate surface area is 129 Å². The van der Waals surface area contributed by atoms with E-state index in [0.717, 1.165) is 6.42 Å². The number of nitrogens with zero attached hydrogens (tertiary/aromatic N) is 2. The van der Waals surface area contributed by atoms with Crippen molar-refractivity contribution in [1.82, 2.24) is 4.90 Å². The van der Waals surface area contributed by atoms with Crippen molar-refractivity contribution in [2.75, 3.05) is 19.7 Å². The molecule has 2 atom stereocenters. The van der Waals surface area contributed by atoms with Gasteiger partial charge in [-0.15, -0.1) is 0 Å². The van der Waals surface area contributed by atoms with Crippen molar-refractivity contribution in [3.63, 3.8) is 0 Å². The Hall–Kier alpha value is -2.15. The SMILES string of the molecule is CCOc1ccc(C(=O)N2CC(CN)CC2C)cc1[N+](=O)[O-]. The monoisotopic (exact) mass is 307 g/mol. The van der Waals surface area contributed by atoms with Crippen molar-refractivity contribution in [3.8, 4) is 5.75 Å². The number of nitrogens with two attached hydrogens (primary N) is 1. The van der Waals surface area contributed by atoms with Crippen LogP contribution in [0.15, 0.2) is 18.2 Å². The molecule has 0 bridgehead atoms. The van der Waals surface area contributed by atoms with Crippen molar-refractivity contribution in [2.45, 2.75) is 26.3 Å². The number of carbonyl (C=O) groups is 1. The lowest BCUT2D eigenvalue weighted by atomic mass is 10.1. The molecule has 1 heterocycles. The van der Waals surface area contributed by atoms with Crippen LogP contribution >= 0.6 is 0 Å². The molecule has 0 saturated carbocycles. The number of carbonyl (C=O) groups excluding carboxylic acids is 1. The third-order valence-corrected chi connectivity index (χ3v) is 3.96. The molecule has 0 radical (unpaired) electrons. The Bertz CT molecular complexity index is 576. The largest absolute Gasteiger partial charge is 0.487 e. The molecule has 1 fully saturated rings. The number of likely N-dealkylation sites (tertiary alicyclic amines) is 1. The van der Waals surface area contributed by atoms with E-state index in [1.807, 2.05) is 6.92 Å². The maximum atomic E-state index is 12.6. The number of hydrogen-bond donors (Lipinski definition) is 1. The zero-order valence-electron chi connectivity index (χ0n) is 12.8. The van der Waals surface area contributed by atoms with E-state index in [-0.39, 0.29) is 29.3 Å². The summed E-state index contributed by atoms with van der Waals surface area (Å²) in [6.45, 7) is 5.18. The molecular weight excluding hydrogens is 286 g/mol. The van der Waals surface area contributed by atoms with E-state index >= 15 is 0 Å². The van der Waals surface area contributed by atoms with Gasteiger partial charge in [0.25, 0.3) is 5.91 Å². The van der Waals surface area contributed by atoms with Crippen LogP contribution in [0, 0.1) is 16.0 Å². The average molecular weight is 307 g/mol. The van der Waals surface area contributed by atoms with E-state index in [1.54, 1.807) is 17.9 Å². The summed E-state index contributed by atoms with van der Waals surface area (Å²) in [5.41, 5.74) is 5.79. The molecule has 2 rings (SSSR count). The highest BCUT2D eigenvalue weighted by Gasteiger charge is 2.33. The number of nitro benzene ring substituents is 1. The third-order valence-electron chi connectivity index (χ3n) is 3.96. The van der Waals surface area contributed by atoms with E-state index < -0.39 is 4.92 Å². The molecule has 7 heteroatoms. The first-order valence-electron chi connectivity index (χ1n) is 7.40. The highest BCUT2D eigenvalue weighted by molar-refractivity contribution is 5.95. The van der Waals surface area contributed by atoms with Gasteiger partial charge in [0.05, 0.1) is 11.5 Å². The molecule has 1 amide bonds. The summed E-state index contributed by atoms with van der Waals surface area (Å²) < 4.78 is 5.23. The molecule has 22 heavy (non-hydrogen) atoms. The summed E-state index contributed by atoms with van der Waals surface area (Å²) in [4.78, 5) is 24.9. The normalized spacial score (nSPS) is 21.0. The molecule has 2 N–H and O–H groups in total. The number of ether oxygens (including phenoxy) is 1. The van der Waals surface area contributed by atoms with Gasteiger partial charge in [-0.3, -0.25) is 14.9 Å². The Morgan fingerprint density at radius 3 is 2.82 bits per heavy atom. The van der Waals surface area contributed by atoms with Gasteiger partial charge in [0.1, 0.15) is 0 Å². The van der Waals surface area contributed by atoms with Crippen LogP contribution < -0.4 is 10.5 Å². The Morgan fingerprint density at radius 2 is 2.27 bits per heavy atom. The van der Waals surface area contributed by atoms with E-state index in [4.69, 9.17) is 10.5 Å².